The third kappa shape index (κ3) is 5.71. The smallest absolute Gasteiger partial charge is 0.195 e. The maximum atomic E-state index is 13.2. The van der Waals surface area contributed by atoms with E-state index in [1.54, 1.807) is 29.6 Å². The molecule has 170 valence electrons. The summed E-state index contributed by atoms with van der Waals surface area (Å²) in [4.78, 5) is 17.5. The van der Waals surface area contributed by atoms with Gasteiger partial charge in [-0.05, 0) is 59.7 Å². The predicted molar refractivity (Wildman–Crippen MR) is 148 cm³/mol. The molecule has 0 amide bonds. The minimum Gasteiger partial charge on any atom is -0.289 e. The van der Waals surface area contributed by atoms with Gasteiger partial charge in [0, 0.05) is 25.1 Å². The average molecular weight is 509 g/mol. The number of rotatable bonds is 7. The first-order valence-corrected chi connectivity index (χ1v) is 13.2. The van der Waals surface area contributed by atoms with Crippen molar-refractivity contribution in [3.63, 3.8) is 0 Å². The molecule has 0 saturated heterocycles. The summed E-state index contributed by atoms with van der Waals surface area (Å²) in [5.74, 6) is -0.0659. The van der Waals surface area contributed by atoms with Gasteiger partial charge in [0.15, 0.2) is 5.78 Å². The van der Waals surface area contributed by atoms with Crippen LogP contribution in [0.2, 0.25) is 5.02 Å². The molecule has 0 spiro atoms. The second kappa shape index (κ2) is 11.0. The number of halogens is 1. The first-order valence-electron chi connectivity index (χ1n) is 11.2. The lowest BCUT2D eigenvalue weighted by molar-refractivity contribution is 0.103. The molecule has 5 aromatic rings. The summed E-state index contributed by atoms with van der Waals surface area (Å²) in [6.07, 6.45) is 0. The van der Waals surface area contributed by atoms with Crippen molar-refractivity contribution < 1.29 is 4.79 Å². The molecule has 0 atom stereocenters. The van der Waals surface area contributed by atoms with E-state index in [9.17, 15) is 4.79 Å². The van der Waals surface area contributed by atoms with E-state index in [0.717, 1.165) is 15.4 Å². The van der Waals surface area contributed by atoms with Crippen LogP contribution in [0.5, 0.6) is 0 Å². The van der Waals surface area contributed by atoms with Crippen LogP contribution in [0.1, 0.15) is 15.9 Å². The Morgan fingerprint density at radius 1 is 0.514 bits per heavy atom. The van der Waals surface area contributed by atoms with Crippen LogP contribution < -0.4 is 0 Å². The van der Waals surface area contributed by atoms with Crippen molar-refractivity contribution in [2.24, 2.45) is 0 Å². The molecule has 4 heteroatoms. The van der Waals surface area contributed by atoms with E-state index >= 15 is 0 Å². The van der Waals surface area contributed by atoms with E-state index in [0.29, 0.717) is 16.1 Å². The molecule has 0 aliphatic heterocycles. The van der Waals surface area contributed by atoms with Gasteiger partial charge in [0.05, 0.1) is 10.6 Å². The van der Waals surface area contributed by atoms with Crippen molar-refractivity contribution in [1.29, 1.82) is 0 Å². The van der Waals surface area contributed by atoms with E-state index in [2.05, 4.69) is 72.8 Å². The van der Waals surface area contributed by atoms with Gasteiger partial charge in [-0.3, -0.25) is 4.79 Å². The lowest BCUT2D eigenvalue weighted by Crippen LogP contribution is -2.04. The highest BCUT2D eigenvalue weighted by molar-refractivity contribution is 7.99. The van der Waals surface area contributed by atoms with Crippen LogP contribution in [-0.4, -0.2) is 5.78 Å². The topological polar surface area (TPSA) is 17.1 Å². The van der Waals surface area contributed by atoms with E-state index in [-0.39, 0.29) is 5.78 Å². The Morgan fingerprint density at radius 3 is 1.63 bits per heavy atom. The van der Waals surface area contributed by atoms with Gasteiger partial charge in [0.1, 0.15) is 0 Å². The summed E-state index contributed by atoms with van der Waals surface area (Å²) < 4.78 is 0. The van der Waals surface area contributed by atoms with Gasteiger partial charge in [-0.1, -0.05) is 114 Å². The quantitative estimate of drug-likeness (QED) is 0.204. The van der Waals surface area contributed by atoms with Crippen LogP contribution in [0.25, 0.3) is 11.1 Å². The summed E-state index contributed by atoms with van der Waals surface area (Å²) in [5, 5.41) is 0.467. The zero-order chi connectivity index (χ0) is 24.0. The maximum Gasteiger partial charge on any atom is 0.195 e. The van der Waals surface area contributed by atoms with Crippen molar-refractivity contribution in [3.05, 3.63) is 144 Å². The Morgan fingerprint density at radius 2 is 1.03 bits per heavy atom. The first kappa shape index (κ1) is 23.5. The third-order valence-electron chi connectivity index (χ3n) is 5.49. The molecular weight excluding hydrogens is 488 g/mol. The van der Waals surface area contributed by atoms with Gasteiger partial charge in [-0.25, -0.2) is 0 Å². The Hall–Kier alpha value is -3.24. The van der Waals surface area contributed by atoms with Gasteiger partial charge in [-0.15, -0.1) is 0 Å². The molecule has 1 nitrogen and oxygen atoms in total. The Balaban J connectivity index is 1.33. The molecule has 0 fully saturated rings. The molecule has 0 heterocycles. The lowest BCUT2D eigenvalue weighted by Gasteiger charge is -2.11. The van der Waals surface area contributed by atoms with Crippen LogP contribution in [0.3, 0.4) is 0 Å². The van der Waals surface area contributed by atoms with Gasteiger partial charge in [0.25, 0.3) is 0 Å². The van der Waals surface area contributed by atoms with Crippen LogP contribution in [0.4, 0.5) is 0 Å². The zero-order valence-electron chi connectivity index (χ0n) is 18.7. The van der Waals surface area contributed by atoms with Crippen LogP contribution in [0.15, 0.2) is 147 Å². The molecular formula is C31H21ClOS2. The second-order valence-electron chi connectivity index (χ2n) is 7.87. The minimum absolute atomic E-state index is 0.0659. The van der Waals surface area contributed by atoms with Gasteiger partial charge in [0.2, 0.25) is 0 Å². The highest BCUT2D eigenvalue weighted by atomic mass is 35.5. The number of ketones is 1. The molecule has 35 heavy (non-hydrogen) atoms. The summed E-state index contributed by atoms with van der Waals surface area (Å²) >= 11 is 9.78. The van der Waals surface area contributed by atoms with Crippen molar-refractivity contribution in [2.75, 3.05) is 0 Å². The van der Waals surface area contributed by atoms with E-state index < -0.39 is 0 Å². The largest absolute Gasteiger partial charge is 0.289 e. The van der Waals surface area contributed by atoms with E-state index in [1.807, 2.05) is 48.5 Å². The number of benzene rings is 5. The Kier molecular flexibility index (Phi) is 7.39. The van der Waals surface area contributed by atoms with Crippen molar-refractivity contribution in [3.8, 4) is 11.1 Å². The van der Waals surface area contributed by atoms with Gasteiger partial charge >= 0.3 is 0 Å². The van der Waals surface area contributed by atoms with Crippen LogP contribution in [-0.2, 0) is 0 Å². The fourth-order valence-corrected chi connectivity index (χ4v) is 5.86. The van der Waals surface area contributed by atoms with Gasteiger partial charge in [-0.2, -0.15) is 0 Å². The fourth-order valence-electron chi connectivity index (χ4n) is 3.73. The van der Waals surface area contributed by atoms with Crippen LogP contribution in [0, 0.1) is 0 Å². The van der Waals surface area contributed by atoms with Crippen molar-refractivity contribution in [2.45, 2.75) is 19.6 Å². The summed E-state index contributed by atoms with van der Waals surface area (Å²) in [6, 6.07) is 42.3. The SMILES string of the molecule is O=C(c1ccccc1)c1c(Cl)cccc1Sc1ccc(-c2ccc(Sc3ccccc3)cc2)cc1. The molecule has 0 aliphatic rings. The molecule has 0 N–H and O–H groups in total. The molecule has 0 bridgehead atoms. The molecule has 0 radical (unpaired) electrons. The molecule has 0 saturated carbocycles. The van der Waals surface area contributed by atoms with E-state index in [1.165, 1.54) is 15.4 Å². The number of hydrogen-bond acceptors (Lipinski definition) is 3. The normalized spacial score (nSPS) is 10.8. The van der Waals surface area contributed by atoms with E-state index in [4.69, 9.17) is 11.6 Å². The summed E-state index contributed by atoms with van der Waals surface area (Å²) in [7, 11) is 0. The standard InChI is InChI=1S/C31H21ClOS2/c32-28-12-7-13-29(30(28)31(33)24-8-3-1-4-9-24)35-27-20-16-23(17-21-27)22-14-18-26(19-15-22)34-25-10-5-2-6-11-25/h1-21H. The maximum absolute atomic E-state index is 13.2. The monoisotopic (exact) mass is 508 g/mol. The minimum atomic E-state index is -0.0659. The Bertz CT molecular complexity index is 1430. The number of carbonyl (C=O) groups excluding carboxylic acids is 1. The average Bonchev–Trinajstić information content (AvgIpc) is 2.91. The fraction of sp³-hybridized carbons (Fsp3) is 0. The molecule has 0 unspecified atom stereocenters. The highest BCUT2D eigenvalue weighted by Crippen LogP contribution is 2.36. The second-order valence-corrected chi connectivity index (χ2v) is 10.5. The lowest BCUT2D eigenvalue weighted by atomic mass is 10.0. The predicted octanol–water partition coefficient (Wildman–Crippen LogP) is 9.54. The molecule has 5 aromatic carbocycles. The van der Waals surface area contributed by atoms with Crippen molar-refractivity contribution >= 4 is 40.9 Å². The highest BCUT2D eigenvalue weighted by Gasteiger charge is 2.18. The van der Waals surface area contributed by atoms with Gasteiger partial charge < -0.3 is 0 Å². The third-order valence-corrected chi connectivity index (χ3v) is 7.89. The first-order chi connectivity index (χ1) is 17.2. The molecule has 0 aromatic heterocycles. The number of carbonyl (C=O) groups is 1. The number of hydrogen-bond donors (Lipinski definition) is 0. The van der Waals surface area contributed by atoms with Crippen molar-refractivity contribution in [1.82, 2.24) is 0 Å². The zero-order valence-corrected chi connectivity index (χ0v) is 21.1. The summed E-state index contributed by atoms with van der Waals surface area (Å²) in [6.45, 7) is 0. The molecule has 0 aliphatic carbocycles. The summed E-state index contributed by atoms with van der Waals surface area (Å²) in [5.41, 5.74) is 3.49. The Labute approximate surface area is 219 Å². The molecule has 5 rings (SSSR count). The van der Waals surface area contributed by atoms with Crippen LogP contribution >= 0.6 is 35.1 Å².